The molecular weight excluding hydrogens is 283 g/mol. The van der Waals surface area contributed by atoms with E-state index in [0.29, 0.717) is 30.2 Å². The number of nitrogens with zero attached hydrogens (tertiary/aromatic N) is 2. The molecule has 1 heterocycles. The third-order valence-electron chi connectivity index (χ3n) is 3.18. The lowest BCUT2D eigenvalue weighted by atomic mass is 10.3. The number of hydrogen-bond acceptors (Lipinski definition) is 3. The van der Waals surface area contributed by atoms with Crippen molar-refractivity contribution in [2.45, 2.75) is 25.4 Å². The molecule has 0 unspecified atom stereocenters. The minimum Gasteiger partial charge on any atom is -0.439 e. The summed E-state index contributed by atoms with van der Waals surface area (Å²) in [6.45, 7) is 0.457. The highest BCUT2D eigenvalue weighted by atomic mass is 19.1. The normalized spacial score (nSPS) is 14.7. The Bertz CT molecular complexity index is 668. The van der Waals surface area contributed by atoms with Crippen LogP contribution in [0.5, 0.6) is 11.6 Å². The molecule has 0 aliphatic heterocycles. The van der Waals surface area contributed by atoms with Crippen molar-refractivity contribution in [2.75, 3.05) is 0 Å². The zero-order chi connectivity index (χ0) is 15.4. The number of benzene rings is 1. The van der Waals surface area contributed by atoms with Crippen molar-refractivity contribution in [3.8, 4) is 11.6 Å². The zero-order valence-corrected chi connectivity index (χ0v) is 12.0. The maximum absolute atomic E-state index is 13.1. The van der Waals surface area contributed by atoms with Crippen LogP contribution in [0.4, 0.5) is 4.39 Å². The number of hydrogen-bond donors (Lipinski definition) is 2. The number of aliphatic imine (C=N–C) groups is 1. The van der Waals surface area contributed by atoms with Gasteiger partial charge in [0.2, 0.25) is 5.88 Å². The molecule has 114 valence electrons. The molecule has 1 aliphatic rings. The molecule has 1 saturated carbocycles. The highest BCUT2D eigenvalue weighted by Gasteiger charge is 2.21. The third-order valence-corrected chi connectivity index (χ3v) is 3.18. The second-order valence-corrected chi connectivity index (χ2v) is 5.18. The molecular formula is C16H17FN4O. The van der Waals surface area contributed by atoms with Crippen LogP contribution in [-0.4, -0.2) is 17.0 Å². The topological polar surface area (TPSA) is 72.5 Å². The second kappa shape index (κ2) is 6.43. The lowest BCUT2D eigenvalue weighted by Crippen LogP contribution is -2.33. The Hall–Kier alpha value is -2.63. The van der Waals surface area contributed by atoms with Crippen molar-refractivity contribution in [1.82, 2.24) is 10.3 Å². The molecule has 0 spiro atoms. The fourth-order valence-corrected chi connectivity index (χ4v) is 1.87. The van der Waals surface area contributed by atoms with Gasteiger partial charge >= 0.3 is 0 Å². The second-order valence-electron chi connectivity index (χ2n) is 5.18. The summed E-state index contributed by atoms with van der Waals surface area (Å²) < 4.78 is 18.5. The summed E-state index contributed by atoms with van der Waals surface area (Å²) in [5, 5.41) is 3.12. The first-order valence-electron chi connectivity index (χ1n) is 7.14. The Kier molecular flexibility index (Phi) is 4.18. The average Bonchev–Trinajstić information content (AvgIpc) is 3.30. The summed E-state index contributed by atoms with van der Waals surface area (Å²) in [7, 11) is 0. The smallest absolute Gasteiger partial charge is 0.219 e. The van der Waals surface area contributed by atoms with Crippen LogP contribution in [0.3, 0.4) is 0 Å². The molecule has 1 fully saturated rings. The van der Waals surface area contributed by atoms with Gasteiger partial charge < -0.3 is 15.8 Å². The van der Waals surface area contributed by atoms with Crippen LogP contribution < -0.4 is 15.8 Å². The molecule has 22 heavy (non-hydrogen) atoms. The minimum absolute atomic E-state index is 0.345. The molecule has 2 aromatic rings. The summed E-state index contributed by atoms with van der Waals surface area (Å²) >= 11 is 0. The summed E-state index contributed by atoms with van der Waals surface area (Å²) in [6, 6.07) is 10.0. The predicted molar refractivity (Wildman–Crippen MR) is 82.2 cm³/mol. The standard InChI is InChI=1S/C16H17FN4O/c17-12-2-1-3-14(8-12)22-15-7-4-11(9-19-15)10-20-16(18)21-13-5-6-13/h1-4,7-9,13H,5-6,10H2,(H3,18,20,21). The van der Waals surface area contributed by atoms with Gasteiger partial charge in [-0.3, -0.25) is 0 Å². The van der Waals surface area contributed by atoms with Gasteiger partial charge in [-0.05, 0) is 30.5 Å². The zero-order valence-electron chi connectivity index (χ0n) is 12.0. The molecule has 1 aliphatic carbocycles. The number of halogens is 1. The van der Waals surface area contributed by atoms with Crippen molar-refractivity contribution >= 4 is 5.96 Å². The van der Waals surface area contributed by atoms with Gasteiger partial charge in [0, 0.05) is 24.4 Å². The van der Waals surface area contributed by atoms with Crippen molar-refractivity contribution in [2.24, 2.45) is 10.7 Å². The third kappa shape index (κ3) is 4.18. The summed E-state index contributed by atoms with van der Waals surface area (Å²) in [4.78, 5) is 8.43. The summed E-state index contributed by atoms with van der Waals surface area (Å²) in [5.74, 6) is 0.934. The molecule has 0 radical (unpaired) electrons. The van der Waals surface area contributed by atoms with Crippen LogP contribution in [0.25, 0.3) is 0 Å². The first-order valence-corrected chi connectivity index (χ1v) is 7.14. The van der Waals surface area contributed by atoms with Crippen LogP contribution in [0, 0.1) is 5.82 Å². The SMILES string of the molecule is NC(=NCc1ccc(Oc2cccc(F)c2)nc1)NC1CC1. The number of aromatic nitrogens is 1. The van der Waals surface area contributed by atoms with Gasteiger partial charge in [-0.1, -0.05) is 12.1 Å². The number of guanidine groups is 1. The Balaban J connectivity index is 1.57. The van der Waals surface area contributed by atoms with Crippen molar-refractivity contribution in [3.63, 3.8) is 0 Å². The number of nitrogens with one attached hydrogen (secondary N) is 1. The van der Waals surface area contributed by atoms with Gasteiger partial charge in [-0.15, -0.1) is 0 Å². The summed E-state index contributed by atoms with van der Waals surface area (Å²) in [5.41, 5.74) is 6.69. The molecule has 1 aromatic carbocycles. The van der Waals surface area contributed by atoms with E-state index in [2.05, 4.69) is 15.3 Å². The Labute approximate surface area is 128 Å². The average molecular weight is 300 g/mol. The van der Waals surface area contributed by atoms with E-state index in [0.717, 1.165) is 18.4 Å². The first-order chi connectivity index (χ1) is 10.7. The van der Waals surface area contributed by atoms with Gasteiger partial charge in [0.05, 0.1) is 6.54 Å². The molecule has 5 nitrogen and oxygen atoms in total. The van der Waals surface area contributed by atoms with E-state index in [1.807, 2.05) is 6.07 Å². The summed E-state index contributed by atoms with van der Waals surface area (Å²) in [6.07, 6.45) is 3.98. The van der Waals surface area contributed by atoms with Crippen LogP contribution in [0.15, 0.2) is 47.6 Å². The van der Waals surface area contributed by atoms with E-state index in [1.54, 1.807) is 24.4 Å². The van der Waals surface area contributed by atoms with Gasteiger partial charge in [0.15, 0.2) is 5.96 Å². The molecule has 0 saturated heterocycles. The van der Waals surface area contributed by atoms with E-state index in [4.69, 9.17) is 10.5 Å². The van der Waals surface area contributed by atoms with Gasteiger partial charge in [-0.25, -0.2) is 14.4 Å². The number of rotatable bonds is 5. The van der Waals surface area contributed by atoms with Crippen LogP contribution in [0.2, 0.25) is 0 Å². The maximum atomic E-state index is 13.1. The highest BCUT2D eigenvalue weighted by Crippen LogP contribution is 2.20. The molecule has 0 bridgehead atoms. The van der Waals surface area contributed by atoms with E-state index in [1.165, 1.54) is 12.1 Å². The number of pyridine rings is 1. The minimum atomic E-state index is -0.345. The van der Waals surface area contributed by atoms with Crippen LogP contribution >= 0.6 is 0 Å². The fourth-order valence-electron chi connectivity index (χ4n) is 1.87. The Morgan fingerprint density at radius 3 is 2.91 bits per heavy atom. The van der Waals surface area contributed by atoms with E-state index in [-0.39, 0.29) is 5.82 Å². The largest absolute Gasteiger partial charge is 0.439 e. The molecule has 3 N–H and O–H groups in total. The first kappa shape index (κ1) is 14.3. The fraction of sp³-hybridized carbons (Fsp3) is 0.250. The Morgan fingerprint density at radius 2 is 2.23 bits per heavy atom. The quantitative estimate of drug-likeness (QED) is 0.657. The van der Waals surface area contributed by atoms with Crippen LogP contribution in [-0.2, 0) is 6.54 Å². The van der Waals surface area contributed by atoms with Crippen molar-refractivity contribution in [3.05, 3.63) is 54.0 Å². The van der Waals surface area contributed by atoms with Crippen LogP contribution in [0.1, 0.15) is 18.4 Å². The molecule has 1 aromatic heterocycles. The molecule has 3 rings (SSSR count). The number of nitrogens with two attached hydrogens (primary N) is 1. The van der Waals surface area contributed by atoms with Crippen molar-refractivity contribution in [1.29, 1.82) is 0 Å². The van der Waals surface area contributed by atoms with Gasteiger partial charge in [0.25, 0.3) is 0 Å². The molecule has 0 amide bonds. The van der Waals surface area contributed by atoms with E-state index in [9.17, 15) is 4.39 Å². The highest BCUT2D eigenvalue weighted by molar-refractivity contribution is 5.78. The molecule has 0 atom stereocenters. The monoisotopic (exact) mass is 300 g/mol. The van der Waals surface area contributed by atoms with Gasteiger partial charge in [-0.2, -0.15) is 0 Å². The van der Waals surface area contributed by atoms with E-state index < -0.39 is 0 Å². The maximum Gasteiger partial charge on any atom is 0.219 e. The lowest BCUT2D eigenvalue weighted by molar-refractivity contribution is 0.457. The number of ether oxygens (including phenoxy) is 1. The van der Waals surface area contributed by atoms with Gasteiger partial charge in [0.1, 0.15) is 11.6 Å². The molecule has 6 heteroatoms. The predicted octanol–water partition coefficient (Wildman–Crippen LogP) is 2.58. The Morgan fingerprint density at radius 1 is 1.36 bits per heavy atom. The van der Waals surface area contributed by atoms with Crippen molar-refractivity contribution < 1.29 is 9.13 Å². The lowest BCUT2D eigenvalue weighted by Gasteiger charge is -2.06. The van der Waals surface area contributed by atoms with E-state index >= 15 is 0 Å².